The quantitative estimate of drug-likeness (QED) is 0.685. The highest BCUT2D eigenvalue weighted by Gasteiger charge is 2.39. The van der Waals surface area contributed by atoms with Crippen molar-refractivity contribution >= 4 is 17.2 Å². The van der Waals surface area contributed by atoms with Crippen molar-refractivity contribution in [2.75, 3.05) is 19.0 Å². The third kappa shape index (κ3) is 2.24. The average Bonchev–Trinajstić information content (AvgIpc) is 3.12. The first kappa shape index (κ1) is 14.8. The molecule has 2 aromatic rings. The minimum Gasteiger partial charge on any atom is -0.388 e. The van der Waals surface area contributed by atoms with Gasteiger partial charge in [-0.05, 0) is 17.7 Å². The van der Waals surface area contributed by atoms with Crippen molar-refractivity contribution in [2.45, 2.75) is 12.5 Å². The molecule has 0 spiro atoms. The molecule has 1 unspecified atom stereocenters. The van der Waals surface area contributed by atoms with Crippen LogP contribution in [0.15, 0.2) is 54.7 Å². The average molecular weight is 323 g/mol. The van der Waals surface area contributed by atoms with Crippen molar-refractivity contribution < 1.29 is 9.28 Å². The van der Waals surface area contributed by atoms with Crippen molar-refractivity contribution in [1.29, 1.82) is 0 Å². The van der Waals surface area contributed by atoms with Gasteiger partial charge in [0.2, 0.25) is 0 Å². The fourth-order valence-electron chi connectivity index (χ4n) is 3.60. The Morgan fingerprint density at radius 3 is 2.79 bits per heavy atom. The summed E-state index contributed by atoms with van der Waals surface area (Å²) in [5.74, 6) is 0.0540. The number of ketones is 1. The third-order valence-corrected chi connectivity index (χ3v) is 4.71. The van der Waals surface area contributed by atoms with Crippen LogP contribution >= 0.6 is 0 Å². The van der Waals surface area contributed by atoms with Crippen LogP contribution in [0.4, 0.5) is 10.2 Å². The lowest BCUT2D eigenvalue weighted by atomic mass is 9.96. The van der Waals surface area contributed by atoms with Crippen molar-refractivity contribution in [3.05, 3.63) is 71.4 Å². The largest absolute Gasteiger partial charge is 0.388 e. The number of rotatable bonds is 4. The summed E-state index contributed by atoms with van der Waals surface area (Å²) in [7, 11) is 1.80. The molecule has 2 aromatic carbocycles. The van der Waals surface area contributed by atoms with Crippen molar-refractivity contribution in [3.63, 3.8) is 0 Å². The van der Waals surface area contributed by atoms with Crippen LogP contribution in [0.1, 0.15) is 33.9 Å². The van der Waals surface area contributed by atoms with Crippen molar-refractivity contribution in [3.8, 4) is 0 Å². The number of Topliss-reactive ketones (excluding diaryl/α,β-unsaturated/α-hetero) is 1. The Labute approximate surface area is 140 Å². The van der Waals surface area contributed by atoms with Gasteiger partial charge in [0.05, 0.1) is 17.9 Å². The Bertz CT molecular complexity index is 833. The molecule has 0 amide bonds. The number of carbonyl (C=O) groups excluding carboxylic acids is 1. The van der Waals surface area contributed by atoms with Gasteiger partial charge in [0, 0.05) is 30.3 Å². The van der Waals surface area contributed by atoms with E-state index in [4.69, 9.17) is 0 Å². The zero-order valence-electron chi connectivity index (χ0n) is 13.4. The summed E-state index contributed by atoms with van der Waals surface area (Å²) >= 11 is 0. The first-order valence-electron chi connectivity index (χ1n) is 7.99. The number of para-hydroxylation sites is 1. The molecular formula is C19H18FN3O. The Morgan fingerprint density at radius 2 is 1.96 bits per heavy atom. The summed E-state index contributed by atoms with van der Waals surface area (Å²) in [6, 6.07) is 15.3. The zero-order chi connectivity index (χ0) is 16.7. The minimum absolute atomic E-state index is 0.0540. The number of hydrogen-bond acceptors (Lipinski definition) is 4. The predicted octanol–water partition coefficient (Wildman–Crippen LogP) is 3.81. The molecule has 0 saturated heterocycles. The summed E-state index contributed by atoms with van der Waals surface area (Å²) < 4.78 is 13.7. The molecule has 0 saturated carbocycles. The summed E-state index contributed by atoms with van der Waals surface area (Å²) in [6.07, 6.45) is 1.83. The van der Waals surface area contributed by atoms with Crippen LogP contribution in [0, 0.1) is 0 Å². The summed E-state index contributed by atoms with van der Waals surface area (Å²) in [5, 5.41) is 3.73. The molecule has 0 aliphatic carbocycles. The first-order valence-corrected chi connectivity index (χ1v) is 7.99. The maximum atomic E-state index is 13.7. The second-order valence-electron chi connectivity index (χ2n) is 6.05. The van der Waals surface area contributed by atoms with E-state index < -0.39 is 0 Å². The second kappa shape index (κ2) is 5.67. The van der Waals surface area contributed by atoms with Gasteiger partial charge in [0.15, 0.2) is 5.78 Å². The summed E-state index contributed by atoms with van der Waals surface area (Å²) in [4.78, 5) is 14.8. The molecular weight excluding hydrogens is 305 g/mol. The number of nitrogens with zero attached hydrogens (tertiary/aromatic N) is 2. The molecule has 0 fully saturated rings. The molecule has 0 bridgehead atoms. The maximum Gasteiger partial charge on any atom is 0.167 e. The van der Waals surface area contributed by atoms with E-state index in [2.05, 4.69) is 5.32 Å². The van der Waals surface area contributed by atoms with Crippen LogP contribution < -0.4 is 5.32 Å². The van der Waals surface area contributed by atoms with Gasteiger partial charge >= 0.3 is 0 Å². The van der Waals surface area contributed by atoms with Crippen LogP contribution in [0.3, 0.4) is 0 Å². The molecule has 2 aliphatic heterocycles. The molecule has 1 N–H and O–H groups in total. The number of hydrogen-bond donors (Lipinski definition) is 1. The highest BCUT2D eigenvalue weighted by molar-refractivity contribution is 6.01. The first-order chi connectivity index (χ1) is 11.7. The predicted molar refractivity (Wildman–Crippen MR) is 91.7 cm³/mol. The van der Waals surface area contributed by atoms with E-state index in [1.807, 2.05) is 53.4 Å². The van der Waals surface area contributed by atoms with E-state index in [-0.39, 0.29) is 18.5 Å². The topological polar surface area (TPSA) is 35.6 Å². The number of halogens is 1. The lowest BCUT2D eigenvalue weighted by Gasteiger charge is -2.24. The number of anilines is 1. The van der Waals surface area contributed by atoms with Crippen LogP contribution in [0.25, 0.3) is 5.70 Å². The molecule has 122 valence electrons. The van der Waals surface area contributed by atoms with Gasteiger partial charge in [-0.25, -0.2) is 0 Å². The van der Waals surface area contributed by atoms with Gasteiger partial charge in [-0.2, -0.15) is 5.12 Å². The Hall–Kier alpha value is -2.82. The van der Waals surface area contributed by atoms with E-state index >= 15 is 0 Å². The van der Waals surface area contributed by atoms with Gasteiger partial charge in [0.25, 0.3) is 0 Å². The van der Waals surface area contributed by atoms with Crippen molar-refractivity contribution in [2.24, 2.45) is 0 Å². The van der Waals surface area contributed by atoms with Gasteiger partial charge in [-0.3, -0.25) is 4.79 Å². The SMILES string of the molecule is CNc1ccccc1C(=O)CC1c2ccccc2C2=CN(F)CN21. The van der Waals surface area contributed by atoms with E-state index in [1.165, 1.54) is 6.20 Å². The smallest absolute Gasteiger partial charge is 0.167 e. The Kier molecular flexibility index (Phi) is 3.49. The minimum atomic E-state index is -0.134. The summed E-state index contributed by atoms with van der Waals surface area (Å²) in [6.45, 7) is 0.162. The van der Waals surface area contributed by atoms with E-state index in [0.29, 0.717) is 17.1 Å². The standard InChI is InChI=1S/C19H18FN3O/c1-21-16-9-5-4-8-15(16)19(24)10-17-13-6-2-3-7-14(13)18-11-22(20)12-23(17)18/h2-9,11,17,21H,10,12H2,1H3. The zero-order valence-corrected chi connectivity index (χ0v) is 13.4. The number of carbonyl (C=O) groups is 1. The molecule has 2 aliphatic rings. The van der Waals surface area contributed by atoms with E-state index in [1.54, 1.807) is 7.05 Å². The van der Waals surface area contributed by atoms with Gasteiger partial charge < -0.3 is 10.2 Å². The molecule has 4 nitrogen and oxygen atoms in total. The molecule has 1 atom stereocenters. The van der Waals surface area contributed by atoms with Crippen LogP contribution in [-0.2, 0) is 0 Å². The lowest BCUT2D eigenvalue weighted by Crippen LogP contribution is -2.25. The van der Waals surface area contributed by atoms with Gasteiger partial charge in [-0.1, -0.05) is 40.9 Å². The number of benzene rings is 2. The molecule has 24 heavy (non-hydrogen) atoms. The third-order valence-electron chi connectivity index (χ3n) is 4.71. The van der Waals surface area contributed by atoms with E-state index in [9.17, 15) is 9.28 Å². The second-order valence-corrected chi connectivity index (χ2v) is 6.05. The Morgan fingerprint density at radius 1 is 1.21 bits per heavy atom. The number of nitrogens with one attached hydrogen (secondary N) is 1. The fourth-order valence-corrected chi connectivity index (χ4v) is 3.60. The maximum absolute atomic E-state index is 13.7. The monoisotopic (exact) mass is 323 g/mol. The lowest BCUT2D eigenvalue weighted by molar-refractivity contribution is 0.0504. The van der Waals surface area contributed by atoms with Crippen LogP contribution in [0.5, 0.6) is 0 Å². The fraction of sp³-hybridized carbons (Fsp3) is 0.211. The van der Waals surface area contributed by atoms with E-state index in [0.717, 1.165) is 22.5 Å². The molecule has 4 rings (SSSR count). The molecule has 5 heteroatoms. The molecule has 0 radical (unpaired) electrons. The highest BCUT2D eigenvalue weighted by Crippen LogP contribution is 2.46. The van der Waals surface area contributed by atoms with Crippen LogP contribution in [-0.4, -0.2) is 29.5 Å². The molecule has 0 aromatic heterocycles. The van der Waals surface area contributed by atoms with Crippen molar-refractivity contribution in [1.82, 2.24) is 10.0 Å². The van der Waals surface area contributed by atoms with Crippen LogP contribution in [0.2, 0.25) is 0 Å². The number of fused-ring (bicyclic) bond motifs is 3. The van der Waals surface area contributed by atoms with Gasteiger partial charge in [-0.15, -0.1) is 0 Å². The normalized spacial score (nSPS) is 18.2. The highest BCUT2D eigenvalue weighted by atomic mass is 19.2. The summed E-state index contributed by atoms with van der Waals surface area (Å²) in [5.41, 5.74) is 4.45. The van der Waals surface area contributed by atoms with Gasteiger partial charge in [0.1, 0.15) is 6.67 Å². The Balaban J connectivity index is 1.67. The molecule has 2 heterocycles.